The SMILES string of the molecule is O=C(O)c1c(-c2ccc(Cl)cc2Cl)nc2ccc(C(F)(F)F)cn12. The van der Waals surface area contributed by atoms with Crippen molar-refractivity contribution in [2.75, 3.05) is 0 Å². The predicted octanol–water partition coefficient (Wildman–Crippen LogP) is 5.03. The second-order valence-corrected chi connectivity index (χ2v) is 5.73. The number of alkyl halides is 3. The zero-order valence-electron chi connectivity index (χ0n) is 11.6. The minimum Gasteiger partial charge on any atom is -0.476 e. The van der Waals surface area contributed by atoms with Crippen LogP contribution in [0.3, 0.4) is 0 Å². The number of hydrogen-bond acceptors (Lipinski definition) is 2. The molecule has 0 saturated carbocycles. The van der Waals surface area contributed by atoms with Crippen molar-refractivity contribution in [1.29, 1.82) is 0 Å². The maximum absolute atomic E-state index is 12.9. The summed E-state index contributed by atoms with van der Waals surface area (Å²) >= 11 is 11.9. The van der Waals surface area contributed by atoms with Gasteiger partial charge in [0.1, 0.15) is 11.3 Å². The van der Waals surface area contributed by atoms with Crippen LogP contribution in [0.2, 0.25) is 10.0 Å². The van der Waals surface area contributed by atoms with Crippen molar-refractivity contribution in [2.45, 2.75) is 6.18 Å². The Bertz CT molecular complexity index is 967. The largest absolute Gasteiger partial charge is 0.476 e. The summed E-state index contributed by atoms with van der Waals surface area (Å²) < 4.78 is 39.5. The molecule has 9 heteroatoms. The molecule has 2 aromatic heterocycles. The van der Waals surface area contributed by atoms with Gasteiger partial charge in [0.25, 0.3) is 0 Å². The zero-order valence-corrected chi connectivity index (χ0v) is 13.1. The highest BCUT2D eigenvalue weighted by atomic mass is 35.5. The van der Waals surface area contributed by atoms with Gasteiger partial charge >= 0.3 is 12.1 Å². The summed E-state index contributed by atoms with van der Waals surface area (Å²) in [6, 6.07) is 6.28. The van der Waals surface area contributed by atoms with Crippen LogP contribution in [0.1, 0.15) is 16.1 Å². The fraction of sp³-hybridized carbons (Fsp3) is 0.0667. The summed E-state index contributed by atoms with van der Waals surface area (Å²) in [5.41, 5.74) is -1.12. The molecule has 0 aliphatic heterocycles. The third-order valence-electron chi connectivity index (χ3n) is 3.33. The number of aromatic carboxylic acids is 1. The monoisotopic (exact) mass is 374 g/mol. The maximum atomic E-state index is 12.9. The third-order valence-corrected chi connectivity index (χ3v) is 3.88. The van der Waals surface area contributed by atoms with Crippen molar-refractivity contribution in [3.63, 3.8) is 0 Å². The van der Waals surface area contributed by atoms with E-state index in [9.17, 15) is 23.1 Å². The first-order valence-electron chi connectivity index (χ1n) is 6.46. The molecule has 0 aliphatic rings. The lowest BCUT2D eigenvalue weighted by Crippen LogP contribution is -2.09. The first-order chi connectivity index (χ1) is 11.2. The van der Waals surface area contributed by atoms with Crippen LogP contribution in [0.4, 0.5) is 13.2 Å². The van der Waals surface area contributed by atoms with E-state index in [0.717, 1.165) is 16.5 Å². The number of imidazole rings is 1. The quantitative estimate of drug-likeness (QED) is 0.684. The highest BCUT2D eigenvalue weighted by Gasteiger charge is 2.32. The van der Waals surface area contributed by atoms with E-state index in [4.69, 9.17) is 23.2 Å². The first-order valence-corrected chi connectivity index (χ1v) is 7.22. The van der Waals surface area contributed by atoms with Crippen LogP contribution in [-0.4, -0.2) is 20.5 Å². The Morgan fingerprint density at radius 3 is 2.46 bits per heavy atom. The van der Waals surface area contributed by atoms with E-state index in [1.54, 1.807) is 0 Å². The van der Waals surface area contributed by atoms with Gasteiger partial charge in [-0.25, -0.2) is 9.78 Å². The molecule has 0 bridgehead atoms. The van der Waals surface area contributed by atoms with Crippen LogP contribution in [0, 0.1) is 0 Å². The Hall–Kier alpha value is -2.25. The minimum atomic E-state index is -4.60. The lowest BCUT2D eigenvalue weighted by Gasteiger charge is -2.07. The molecule has 0 fully saturated rings. The van der Waals surface area contributed by atoms with E-state index in [2.05, 4.69) is 4.98 Å². The van der Waals surface area contributed by atoms with Crippen molar-refractivity contribution in [2.24, 2.45) is 0 Å². The van der Waals surface area contributed by atoms with E-state index < -0.39 is 23.4 Å². The van der Waals surface area contributed by atoms with Crippen LogP contribution in [0.25, 0.3) is 16.9 Å². The molecule has 124 valence electrons. The number of carboxylic acids is 1. The average molecular weight is 375 g/mol. The molecular formula is C15H7Cl2F3N2O2. The van der Waals surface area contributed by atoms with Gasteiger partial charge in [0.05, 0.1) is 10.6 Å². The lowest BCUT2D eigenvalue weighted by molar-refractivity contribution is -0.137. The number of nitrogens with zero attached hydrogens (tertiary/aromatic N) is 2. The van der Waals surface area contributed by atoms with Crippen molar-refractivity contribution in [3.8, 4) is 11.3 Å². The van der Waals surface area contributed by atoms with Gasteiger partial charge in [-0.05, 0) is 30.3 Å². The van der Waals surface area contributed by atoms with Gasteiger partial charge < -0.3 is 5.11 Å². The summed E-state index contributed by atoms with van der Waals surface area (Å²) in [5, 5.41) is 9.92. The normalized spacial score (nSPS) is 11.9. The fourth-order valence-electron chi connectivity index (χ4n) is 2.29. The third kappa shape index (κ3) is 2.81. The fourth-order valence-corrected chi connectivity index (χ4v) is 2.78. The molecule has 0 unspecified atom stereocenters. The Morgan fingerprint density at radius 1 is 1.17 bits per heavy atom. The maximum Gasteiger partial charge on any atom is 0.417 e. The smallest absolute Gasteiger partial charge is 0.417 e. The highest BCUT2D eigenvalue weighted by Crippen LogP contribution is 2.34. The molecule has 0 saturated heterocycles. The summed E-state index contributed by atoms with van der Waals surface area (Å²) in [6.45, 7) is 0. The lowest BCUT2D eigenvalue weighted by atomic mass is 10.1. The van der Waals surface area contributed by atoms with E-state index in [1.165, 1.54) is 18.2 Å². The summed E-state index contributed by atoms with van der Waals surface area (Å²) in [5.74, 6) is -1.43. The van der Waals surface area contributed by atoms with Crippen molar-refractivity contribution < 1.29 is 23.1 Å². The van der Waals surface area contributed by atoms with Crippen LogP contribution >= 0.6 is 23.2 Å². The van der Waals surface area contributed by atoms with Crippen molar-refractivity contribution >= 4 is 34.8 Å². The van der Waals surface area contributed by atoms with E-state index in [0.29, 0.717) is 11.2 Å². The number of halogens is 5. The molecule has 0 amide bonds. The zero-order chi connectivity index (χ0) is 17.6. The number of benzene rings is 1. The molecule has 0 radical (unpaired) electrons. The van der Waals surface area contributed by atoms with E-state index in [-0.39, 0.29) is 21.9 Å². The Labute approximate surface area is 143 Å². The molecule has 24 heavy (non-hydrogen) atoms. The van der Waals surface area contributed by atoms with Gasteiger partial charge in [0.2, 0.25) is 0 Å². The van der Waals surface area contributed by atoms with Gasteiger partial charge in [-0.3, -0.25) is 4.40 Å². The Kier molecular flexibility index (Phi) is 3.93. The number of carboxylic acid groups (broad SMARTS) is 1. The van der Waals surface area contributed by atoms with Crippen LogP contribution in [-0.2, 0) is 6.18 Å². The van der Waals surface area contributed by atoms with Crippen molar-refractivity contribution in [3.05, 3.63) is 57.8 Å². The summed E-state index contributed by atoms with van der Waals surface area (Å²) in [7, 11) is 0. The molecule has 4 nitrogen and oxygen atoms in total. The molecular weight excluding hydrogens is 368 g/mol. The number of fused-ring (bicyclic) bond motifs is 1. The number of aromatic nitrogens is 2. The topological polar surface area (TPSA) is 54.6 Å². The minimum absolute atomic E-state index is 0.0384. The molecule has 0 aliphatic carbocycles. The molecule has 3 rings (SSSR count). The molecule has 3 aromatic rings. The number of rotatable bonds is 2. The second-order valence-electron chi connectivity index (χ2n) is 4.88. The average Bonchev–Trinajstić information content (AvgIpc) is 2.84. The standard InChI is InChI=1S/C15H7Cl2F3N2O2/c16-8-2-3-9(10(17)5-8)12-13(14(23)24)22-6-7(15(18,19)20)1-4-11(22)21-12/h1-6H,(H,23,24). The van der Waals surface area contributed by atoms with Crippen LogP contribution in [0.5, 0.6) is 0 Å². The number of carbonyl (C=O) groups is 1. The van der Waals surface area contributed by atoms with Crippen LogP contribution in [0.15, 0.2) is 36.5 Å². The Morgan fingerprint density at radius 2 is 1.88 bits per heavy atom. The number of hydrogen-bond donors (Lipinski definition) is 1. The van der Waals surface area contributed by atoms with Gasteiger partial charge in [0.15, 0.2) is 5.69 Å². The molecule has 0 atom stereocenters. The van der Waals surface area contributed by atoms with Gasteiger partial charge in [0, 0.05) is 16.8 Å². The van der Waals surface area contributed by atoms with Crippen molar-refractivity contribution in [1.82, 2.24) is 9.38 Å². The van der Waals surface area contributed by atoms with Crippen LogP contribution < -0.4 is 0 Å². The summed E-state index contributed by atoms with van der Waals surface area (Å²) in [6.07, 6.45) is -3.91. The molecule has 1 N–H and O–H groups in total. The highest BCUT2D eigenvalue weighted by molar-refractivity contribution is 6.36. The predicted molar refractivity (Wildman–Crippen MR) is 82.6 cm³/mol. The second kappa shape index (κ2) is 5.68. The molecule has 1 aromatic carbocycles. The first kappa shape index (κ1) is 16.6. The number of pyridine rings is 1. The summed E-state index contributed by atoms with van der Waals surface area (Å²) in [4.78, 5) is 15.7. The van der Waals surface area contributed by atoms with Gasteiger partial charge in [-0.1, -0.05) is 23.2 Å². The molecule has 2 heterocycles. The molecule has 0 spiro atoms. The van der Waals surface area contributed by atoms with E-state index in [1.807, 2.05) is 0 Å². The van der Waals surface area contributed by atoms with Gasteiger partial charge in [-0.2, -0.15) is 13.2 Å². The van der Waals surface area contributed by atoms with E-state index >= 15 is 0 Å². The Balaban J connectivity index is 2.33. The van der Waals surface area contributed by atoms with Gasteiger partial charge in [-0.15, -0.1) is 0 Å².